The number of nitrogens with one attached hydrogen (secondary N) is 1. The van der Waals surface area contributed by atoms with E-state index in [1.54, 1.807) is 32.4 Å². The number of hydrogen-bond acceptors (Lipinski definition) is 3. The summed E-state index contributed by atoms with van der Waals surface area (Å²) >= 11 is 3.41. The van der Waals surface area contributed by atoms with Gasteiger partial charge in [0.05, 0.1) is 24.3 Å². The number of amides is 1. The summed E-state index contributed by atoms with van der Waals surface area (Å²) in [5.41, 5.74) is 1.16. The van der Waals surface area contributed by atoms with Crippen LogP contribution in [0.1, 0.15) is 10.4 Å². The molecule has 5 heteroatoms. The summed E-state index contributed by atoms with van der Waals surface area (Å²) < 4.78 is 11.3. The van der Waals surface area contributed by atoms with Crippen LogP contribution < -0.4 is 14.8 Å². The first-order valence-electron chi connectivity index (χ1n) is 7.34. The van der Waals surface area contributed by atoms with E-state index < -0.39 is 0 Å². The van der Waals surface area contributed by atoms with E-state index in [-0.39, 0.29) is 5.91 Å². The lowest BCUT2D eigenvalue weighted by Gasteiger charge is -2.12. The third-order valence-electron chi connectivity index (χ3n) is 3.72. The zero-order valence-corrected chi connectivity index (χ0v) is 14.9. The molecule has 0 aromatic heterocycles. The lowest BCUT2D eigenvalue weighted by molar-refractivity contribution is 0.102. The van der Waals surface area contributed by atoms with Crippen LogP contribution in [-0.2, 0) is 0 Å². The lowest BCUT2D eigenvalue weighted by atomic mass is 10.1. The molecule has 3 aromatic carbocycles. The van der Waals surface area contributed by atoms with Crippen molar-refractivity contribution in [1.29, 1.82) is 0 Å². The molecule has 0 spiro atoms. The van der Waals surface area contributed by atoms with Crippen molar-refractivity contribution in [3.8, 4) is 11.5 Å². The largest absolute Gasteiger partial charge is 0.496 e. The SMILES string of the molecule is COc1ccc(NC(=O)c2cc3ccccc3cc2OC)cc1Br. The molecular formula is C19H16BrNO3. The summed E-state index contributed by atoms with van der Waals surface area (Å²) in [6, 6.07) is 16.9. The minimum Gasteiger partial charge on any atom is -0.496 e. The first-order chi connectivity index (χ1) is 11.6. The van der Waals surface area contributed by atoms with Crippen molar-refractivity contribution >= 4 is 38.3 Å². The molecule has 0 aliphatic carbocycles. The molecule has 0 radical (unpaired) electrons. The molecular weight excluding hydrogens is 370 g/mol. The first-order valence-corrected chi connectivity index (χ1v) is 8.13. The average Bonchev–Trinajstić information content (AvgIpc) is 2.60. The molecule has 0 unspecified atom stereocenters. The van der Waals surface area contributed by atoms with Gasteiger partial charge in [0.25, 0.3) is 5.91 Å². The highest BCUT2D eigenvalue weighted by atomic mass is 79.9. The van der Waals surface area contributed by atoms with Gasteiger partial charge in [-0.15, -0.1) is 0 Å². The molecule has 3 aromatic rings. The molecule has 0 aliphatic heterocycles. The number of methoxy groups -OCH3 is 2. The number of fused-ring (bicyclic) bond motifs is 1. The van der Waals surface area contributed by atoms with Crippen molar-refractivity contribution in [2.45, 2.75) is 0 Å². The number of ether oxygens (including phenoxy) is 2. The summed E-state index contributed by atoms with van der Waals surface area (Å²) in [7, 11) is 3.16. The maximum absolute atomic E-state index is 12.7. The molecule has 0 atom stereocenters. The lowest BCUT2D eigenvalue weighted by Crippen LogP contribution is -2.13. The van der Waals surface area contributed by atoms with Crippen LogP contribution in [0.4, 0.5) is 5.69 Å². The number of carbonyl (C=O) groups excluding carboxylic acids is 1. The number of benzene rings is 3. The Labute approximate surface area is 148 Å². The summed E-state index contributed by atoms with van der Waals surface area (Å²) in [6.07, 6.45) is 0. The van der Waals surface area contributed by atoms with E-state index in [0.29, 0.717) is 22.7 Å². The Hall–Kier alpha value is -2.53. The third-order valence-corrected chi connectivity index (χ3v) is 4.34. The van der Waals surface area contributed by atoms with Gasteiger partial charge in [0.1, 0.15) is 11.5 Å². The maximum Gasteiger partial charge on any atom is 0.259 e. The highest BCUT2D eigenvalue weighted by Crippen LogP contribution is 2.30. The van der Waals surface area contributed by atoms with E-state index in [9.17, 15) is 4.79 Å². The Kier molecular flexibility index (Phi) is 4.71. The predicted molar refractivity (Wildman–Crippen MR) is 99.1 cm³/mol. The van der Waals surface area contributed by atoms with Crippen LogP contribution in [0.15, 0.2) is 59.1 Å². The smallest absolute Gasteiger partial charge is 0.259 e. The van der Waals surface area contributed by atoms with Crippen LogP contribution in [0.5, 0.6) is 11.5 Å². The minimum absolute atomic E-state index is 0.227. The van der Waals surface area contributed by atoms with Crippen LogP contribution in [0.3, 0.4) is 0 Å². The quantitative estimate of drug-likeness (QED) is 0.696. The zero-order valence-electron chi connectivity index (χ0n) is 13.3. The van der Waals surface area contributed by atoms with Crippen molar-refractivity contribution in [1.82, 2.24) is 0 Å². The Balaban J connectivity index is 1.94. The Morgan fingerprint density at radius 3 is 2.21 bits per heavy atom. The average molecular weight is 386 g/mol. The van der Waals surface area contributed by atoms with Crippen molar-refractivity contribution in [3.05, 3.63) is 64.6 Å². The van der Waals surface area contributed by atoms with Crippen LogP contribution in [0.25, 0.3) is 10.8 Å². The number of carbonyl (C=O) groups is 1. The molecule has 0 fully saturated rings. The van der Waals surface area contributed by atoms with Crippen LogP contribution in [0, 0.1) is 0 Å². The van der Waals surface area contributed by atoms with Gasteiger partial charge < -0.3 is 14.8 Å². The number of hydrogen-bond donors (Lipinski definition) is 1. The van der Waals surface area contributed by atoms with E-state index in [1.807, 2.05) is 36.4 Å². The minimum atomic E-state index is -0.227. The van der Waals surface area contributed by atoms with Gasteiger partial charge >= 0.3 is 0 Å². The second-order valence-corrected chi connectivity index (χ2v) is 6.06. The van der Waals surface area contributed by atoms with Gasteiger partial charge in [-0.2, -0.15) is 0 Å². The van der Waals surface area contributed by atoms with Gasteiger partial charge in [-0.05, 0) is 57.0 Å². The molecule has 24 heavy (non-hydrogen) atoms. The zero-order chi connectivity index (χ0) is 17.1. The molecule has 0 saturated carbocycles. The molecule has 0 aliphatic rings. The molecule has 122 valence electrons. The van der Waals surface area contributed by atoms with Crippen LogP contribution in [0.2, 0.25) is 0 Å². The molecule has 0 heterocycles. The van der Waals surface area contributed by atoms with Gasteiger partial charge in [-0.1, -0.05) is 24.3 Å². The Bertz CT molecular complexity index is 908. The second kappa shape index (κ2) is 6.93. The Morgan fingerprint density at radius 2 is 1.58 bits per heavy atom. The highest BCUT2D eigenvalue weighted by molar-refractivity contribution is 9.10. The topological polar surface area (TPSA) is 47.6 Å². The fourth-order valence-corrected chi connectivity index (χ4v) is 3.05. The highest BCUT2D eigenvalue weighted by Gasteiger charge is 2.14. The molecule has 0 saturated heterocycles. The normalized spacial score (nSPS) is 10.5. The second-order valence-electron chi connectivity index (χ2n) is 5.20. The monoisotopic (exact) mass is 385 g/mol. The number of anilines is 1. The molecule has 1 N–H and O–H groups in total. The predicted octanol–water partition coefficient (Wildman–Crippen LogP) is 4.87. The third kappa shape index (κ3) is 3.21. The van der Waals surface area contributed by atoms with Gasteiger partial charge in [-0.25, -0.2) is 0 Å². The Morgan fingerprint density at radius 1 is 0.917 bits per heavy atom. The van der Waals surface area contributed by atoms with E-state index in [1.165, 1.54) is 0 Å². The van der Waals surface area contributed by atoms with Crippen molar-refractivity contribution in [2.24, 2.45) is 0 Å². The fourth-order valence-electron chi connectivity index (χ4n) is 2.51. The molecule has 1 amide bonds. The summed E-state index contributed by atoms with van der Waals surface area (Å²) in [6.45, 7) is 0. The van der Waals surface area contributed by atoms with Crippen molar-refractivity contribution in [3.63, 3.8) is 0 Å². The van der Waals surface area contributed by atoms with Crippen molar-refractivity contribution in [2.75, 3.05) is 19.5 Å². The van der Waals surface area contributed by atoms with Crippen LogP contribution in [-0.4, -0.2) is 20.1 Å². The maximum atomic E-state index is 12.7. The number of halogens is 1. The van der Waals surface area contributed by atoms with E-state index in [2.05, 4.69) is 21.2 Å². The van der Waals surface area contributed by atoms with E-state index in [0.717, 1.165) is 15.2 Å². The summed E-state index contributed by atoms with van der Waals surface area (Å²) in [5, 5.41) is 4.90. The summed E-state index contributed by atoms with van der Waals surface area (Å²) in [5.74, 6) is 1.02. The molecule has 4 nitrogen and oxygen atoms in total. The van der Waals surface area contributed by atoms with E-state index >= 15 is 0 Å². The van der Waals surface area contributed by atoms with Gasteiger partial charge in [0, 0.05) is 5.69 Å². The number of rotatable bonds is 4. The molecule has 0 bridgehead atoms. The fraction of sp³-hybridized carbons (Fsp3) is 0.105. The first kappa shape index (κ1) is 16.3. The van der Waals surface area contributed by atoms with E-state index in [4.69, 9.17) is 9.47 Å². The molecule has 3 rings (SSSR count). The van der Waals surface area contributed by atoms with Gasteiger partial charge in [0.2, 0.25) is 0 Å². The standard InChI is InChI=1S/C19H16BrNO3/c1-23-17-8-7-14(11-16(17)20)21-19(22)15-9-12-5-3-4-6-13(12)10-18(15)24-2/h3-11H,1-2H3,(H,21,22). The van der Waals surface area contributed by atoms with Crippen LogP contribution >= 0.6 is 15.9 Å². The van der Waals surface area contributed by atoms with Crippen molar-refractivity contribution < 1.29 is 14.3 Å². The van der Waals surface area contributed by atoms with Gasteiger partial charge in [-0.3, -0.25) is 4.79 Å². The summed E-state index contributed by atoms with van der Waals surface area (Å²) in [4.78, 5) is 12.7. The van der Waals surface area contributed by atoms with Gasteiger partial charge in [0.15, 0.2) is 0 Å².